The number of rotatable bonds is 5. The zero-order chi connectivity index (χ0) is 13.7. The Bertz CT molecular complexity index is 538. The van der Waals surface area contributed by atoms with Crippen LogP contribution in [0.3, 0.4) is 0 Å². The van der Waals surface area contributed by atoms with Crippen LogP contribution in [0.5, 0.6) is 0 Å². The number of aliphatic hydroxyl groups excluding tert-OH is 1. The zero-order valence-electron chi connectivity index (χ0n) is 11.3. The van der Waals surface area contributed by atoms with E-state index in [2.05, 4.69) is 11.1 Å². The second kappa shape index (κ2) is 6.45. The van der Waals surface area contributed by atoms with Gasteiger partial charge in [0, 0.05) is 11.8 Å². The van der Waals surface area contributed by atoms with Gasteiger partial charge in [0.05, 0.1) is 25.0 Å². The molecule has 2 aromatic rings. The molecule has 0 atom stereocenters. The predicted molar refractivity (Wildman–Crippen MR) is 75.5 cm³/mol. The number of hydrogen-bond donors (Lipinski definition) is 1. The van der Waals surface area contributed by atoms with Crippen molar-refractivity contribution in [2.45, 2.75) is 33.2 Å². The first-order valence-electron chi connectivity index (χ1n) is 6.46. The van der Waals surface area contributed by atoms with Crippen molar-refractivity contribution in [1.82, 2.24) is 4.98 Å². The van der Waals surface area contributed by atoms with E-state index in [-0.39, 0.29) is 12.7 Å². The normalized spacial score (nSPS) is 10.9. The van der Waals surface area contributed by atoms with Crippen LogP contribution in [0.25, 0.3) is 11.1 Å². The molecule has 0 aliphatic heterocycles. The Hall–Kier alpha value is -1.71. The first kappa shape index (κ1) is 13.7. The van der Waals surface area contributed by atoms with E-state index < -0.39 is 0 Å². The molecule has 1 aromatic heterocycles. The van der Waals surface area contributed by atoms with Crippen LogP contribution < -0.4 is 0 Å². The molecule has 0 fully saturated rings. The highest BCUT2D eigenvalue weighted by atomic mass is 16.5. The molecule has 0 aliphatic carbocycles. The highest BCUT2D eigenvalue weighted by Crippen LogP contribution is 2.23. The van der Waals surface area contributed by atoms with Crippen molar-refractivity contribution in [1.29, 1.82) is 0 Å². The van der Waals surface area contributed by atoms with Crippen molar-refractivity contribution in [2.75, 3.05) is 0 Å². The van der Waals surface area contributed by atoms with Crippen molar-refractivity contribution >= 4 is 0 Å². The molecule has 19 heavy (non-hydrogen) atoms. The number of ether oxygens (including phenoxy) is 1. The van der Waals surface area contributed by atoms with Crippen molar-refractivity contribution in [3.05, 3.63) is 53.9 Å². The summed E-state index contributed by atoms with van der Waals surface area (Å²) in [5, 5.41) is 9.34. The van der Waals surface area contributed by atoms with E-state index in [9.17, 15) is 5.11 Å². The highest BCUT2D eigenvalue weighted by molar-refractivity contribution is 5.66. The predicted octanol–water partition coefficient (Wildman–Crippen LogP) is 3.17. The van der Waals surface area contributed by atoms with Crippen LogP contribution in [-0.2, 0) is 18.0 Å². The second-order valence-corrected chi connectivity index (χ2v) is 4.72. The molecule has 1 heterocycles. The number of nitrogens with zero attached hydrogens (tertiary/aromatic N) is 1. The average Bonchev–Trinajstić information content (AvgIpc) is 2.45. The summed E-state index contributed by atoms with van der Waals surface area (Å²) in [5.74, 6) is 0. The van der Waals surface area contributed by atoms with Crippen LogP contribution in [0.2, 0.25) is 0 Å². The summed E-state index contributed by atoms with van der Waals surface area (Å²) >= 11 is 0. The number of aliphatic hydroxyl groups is 1. The summed E-state index contributed by atoms with van der Waals surface area (Å²) in [6.07, 6.45) is 1.91. The lowest BCUT2D eigenvalue weighted by atomic mass is 10.0. The largest absolute Gasteiger partial charge is 0.390 e. The maximum atomic E-state index is 9.34. The maximum Gasteiger partial charge on any atom is 0.0859 e. The number of pyridine rings is 1. The average molecular weight is 257 g/mol. The van der Waals surface area contributed by atoms with Crippen LogP contribution in [0, 0.1) is 0 Å². The van der Waals surface area contributed by atoms with Gasteiger partial charge in [-0.25, -0.2) is 0 Å². The summed E-state index contributed by atoms with van der Waals surface area (Å²) < 4.78 is 5.61. The lowest BCUT2D eigenvalue weighted by molar-refractivity contribution is 0.0657. The molecule has 0 amide bonds. The Balaban J connectivity index is 2.27. The second-order valence-electron chi connectivity index (χ2n) is 4.72. The van der Waals surface area contributed by atoms with Gasteiger partial charge in [0.1, 0.15) is 0 Å². The van der Waals surface area contributed by atoms with Crippen LogP contribution >= 0.6 is 0 Å². The quantitative estimate of drug-likeness (QED) is 0.894. The van der Waals surface area contributed by atoms with Crippen LogP contribution in [-0.4, -0.2) is 16.2 Å². The van der Waals surface area contributed by atoms with Gasteiger partial charge in [-0.1, -0.05) is 24.3 Å². The summed E-state index contributed by atoms with van der Waals surface area (Å²) in [5.41, 5.74) is 3.85. The van der Waals surface area contributed by atoms with E-state index in [1.807, 2.05) is 44.2 Å². The Morgan fingerprint density at radius 3 is 2.79 bits per heavy atom. The molecule has 0 aliphatic rings. The molecule has 0 unspecified atom stereocenters. The Labute approximate surface area is 113 Å². The van der Waals surface area contributed by atoms with Crippen molar-refractivity contribution in [2.24, 2.45) is 0 Å². The van der Waals surface area contributed by atoms with Gasteiger partial charge in [-0.2, -0.15) is 0 Å². The summed E-state index contributed by atoms with van der Waals surface area (Å²) in [6.45, 7) is 4.59. The number of benzene rings is 1. The van der Waals surface area contributed by atoms with Crippen LogP contribution in [0.4, 0.5) is 0 Å². The fraction of sp³-hybridized carbons (Fsp3) is 0.312. The SMILES string of the molecule is CC(C)OCc1cccc(-c2cccnc2CO)c1. The van der Waals surface area contributed by atoms with E-state index in [1.54, 1.807) is 6.20 Å². The molecule has 1 aromatic carbocycles. The lowest BCUT2D eigenvalue weighted by Gasteiger charge is -2.10. The van der Waals surface area contributed by atoms with Gasteiger partial charge < -0.3 is 9.84 Å². The van der Waals surface area contributed by atoms with Crippen molar-refractivity contribution in [3.8, 4) is 11.1 Å². The first-order valence-corrected chi connectivity index (χ1v) is 6.46. The minimum Gasteiger partial charge on any atom is -0.390 e. The molecule has 3 nitrogen and oxygen atoms in total. The van der Waals surface area contributed by atoms with Crippen LogP contribution in [0.1, 0.15) is 25.1 Å². The fourth-order valence-electron chi connectivity index (χ4n) is 1.92. The molecule has 0 saturated heterocycles. The number of aromatic nitrogens is 1. The molecular weight excluding hydrogens is 238 g/mol. The van der Waals surface area contributed by atoms with Gasteiger partial charge >= 0.3 is 0 Å². The minimum absolute atomic E-state index is 0.0527. The number of hydrogen-bond acceptors (Lipinski definition) is 3. The van der Waals surface area contributed by atoms with E-state index in [0.717, 1.165) is 16.7 Å². The van der Waals surface area contributed by atoms with Crippen LogP contribution in [0.15, 0.2) is 42.6 Å². The van der Waals surface area contributed by atoms with Gasteiger partial charge in [0.2, 0.25) is 0 Å². The fourth-order valence-corrected chi connectivity index (χ4v) is 1.92. The van der Waals surface area contributed by atoms with E-state index in [0.29, 0.717) is 12.3 Å². The molecule has 2 rings (SSSR count). The molecule has 0 saturated carbocycles. The summed E-state index contributed by atoms with van der Waals surface area (Å²) in [7, 11) is 0. The molecule has 3 heteroatoms. The lowest BCUT2D eigenvalue weighted by Crippen LogP contribution is -2.02. The Morgan fingerprint density at radius 1 is 1.21 bits per heavy atom. The highest BCUT2D eigenvalue weighted by Gasteiger charge is 2.06. The molecule has 100 valence electrons. The molecule has 0 bridgehead atoms. The monoisotopic (exact) mass is 257 g/mol. The third-order valence-corrected chi connectivity index (χ3v) is 2.86. The van der Waals surface area contributed by atoms with Gasteiger partial charge in [-0.3, -0.25) is 4.98 Å². The Kier molecular flexibility index (Phi) is 4.66. The zero-order valence-corrected chi connectivity index (χ0v) is 11.3. The topological polar surface area (TPSA) is 42.4 Å². The molecular formula is C16H19NO2. The maximum absolute atomic E-state index is 9.34. The molecule has 0 spiro atoms. The third-order valence-electron chi connectivity index (χ3n) is 2.86. The smallest absolute Gasteiger partial charge is 0.0859 e. The Morgan fingerprint density at radius 2 is 2.05 bits per heavy atom. The standard InChI is InChI=1S/C16H19NO2/c1-12(2)19-11-13-5-3-6-14(9-13)15-7-4-8-17-16(15)10-18/h3-9,12,18H,10-11H2,1-2H3. The van der Waals surface area contributed by atoms with E-state index in [1.165, 1.54) is 0 Å². The first-order chi connectivity index (χ1) is 9.20. The summed E-state index contributed by atoms with van der Waals surface area (Å²) in [4.78, 5) is 4.20. The third kappa shape index (κ3) is 3.63. The minimum atomic E-state index is -0.0527. The van der Waals surface area contributed by atoms with Gasteiger partial charge in [-0.15, -0.1) is 0 Å². The van der Waals surface area contributed by atoms with Gasteiger partial charge in [-0.05, 0) is 37.1 Å². The van der Waals surface area contributed by atoms with Crippen molar-refractivity contribution in [3.63, 3.8) is 0 Å². The van der Waals surface area contributed by atoms with Gasteiger partial charge in [0.25, 0.3) is 0 Å². The van der Waals surface area contributed by atoms with E-state index >= 15 is 0 Å². The van der Waals surface area contributed by atoms with Gasteiger partial charge in [0.15, 0.2) is 0 Å². The van der Waals surface area contributed by atoms with Crippen molar-refractivity contribution < 1.29 is 9.84 Å². The molecule has 0 radical (unpaired) electrons. The summed E-state index contributed by atoms with van der Waals surface area (Å²) in [6, 6.07) is 12.0. The molecule has 1 N–H and O–H groups in total. The van der Waals surface area contributed by atoms with E-state index in [4.69, 9.17) is 4.74 Å².